The average Bonchev–Trinajstić information content (AvgIpc) is 3.24. The number of aromatic nitrogens is 3. The van der Waals surface area contributed by atoms with Crippen LogP contribution in [0.4, 0.5) is 0 Å². The molecule has 9 heteroatoms. The number of carbonyl (C=O) groups excluding carboxylic acids is 2. The van der Waals surface area contributed by atoms with Gasteiger partial charge >= 0.3 is 0 Å². The molecule has 1 saturated carbocycles. The van der Waals surface area contributed by atoms with Crippen LogP contribution < -0.4 is 11.2 Å². The number of nitrogens with two attached hydrogens (primary N) is 1. The monoisotopic (exact) mass is 401 g/mol. The van der Waals surface area contributed by atoms with Crippen molar-refractivity contribution in [1.29, 1.82) is 0 Å². The fourth-order valence-corrected chi connectivity index (χ4v) is 3.93. The summed E-state index contributed by atoms with van der Waals surface area (Å²) in [6, 6.07) is 1.54. The van der Waals surface area contributed by atoms with Crippen molar-refractivity contribution in [3.63, 3.8) is 0 Å². The molecular weight excluding hydrogens is 374 g/mol. The number of carbonyl (C=O) groups is 2. The van der Waals surface area contributed by atoms with Crippen LogP contribution in [0.1, 0.15) is 80.0 Å². The van der Waals surface area contributed by atoms with Crippen LogP contribution in [-0.4, -0.2) is 32.1 Å². The highest BCUT2D eigenvalue weighted by Gasteiger charge is 2.24. The third kappa shape index (κ3) is 5.83. The number of amides is 2. The maximum atomic E-state index is 11.7. The normalized spacial score (nSPS) is 15.8. The standard InChI is InChI=1S/C20H27N5O4/c21-18(27)15-9-16(12-22-11-15)19-23-20(29-25-19)14(10-17(26)24-28)8-4-7-13-5-2-1-3-6-13/h9,11-14,28H,1-8,10H2,(H2,21,27)(H,24,26)/t14-/m1/s1. The molecule has 0 radical (unpaired) electrons. The molecule has 156 valence electrons. The van der Waals surface area contributed by atoms with E-state index in [4.69, 9.17) is 15.5 Å². The van der Waals surface area contributed by atoms with Gasteiger partial charge in [0.2, 0.25) is 23.5 Å². The molecule has 0 saturated heterocycles. The van der Waals surface area contributed by atoms with Crippen LogP contribution in [-0.2, 0) is 4.79 Å². The zero-order valence-electron chi connectivity index (χ0n) is 16.3. The maximum Gasteiger partial charge on any atom is 0.250 e. The third-order valence-electron chi connectivity index (χ3n) is 5.52. The molecule has 2 heterocycles. The van der Waals surface area contributed by atoms with E-state index in [-0.39, 0.29) is 23.7 Å². The van der Waals surface area contributed by atoms with Gasteiger partial charge in [-0.15, -0.1) is 0 Å². The number of rotatable bonds is 9. The van der Waals surface area contributed by atoms with Crippen molar-refractivity contribution < 1.29 is 19.3 Å². The fraction of sp³-hybridized carbons (Fsp3) is 0.550. The average molecular weight is 401 g/mol. The lowest BCUT2D eigenvalue weighted by atomic mass is 9.84. The van der Waals surface area contributed by atoms with E-state index < -0.39 is 11.8 Å². The summed E-state index contributed by atoms with van der Waals surface area (Å²) in [4.78, 5) is 31.5. The quantitative estimate of drug-likeness (QED) is 0.433. The molecule has 0 aliphatic heterocycles. The fourth-order valence-electron chi connectivity index (χ4n) is 3.93. The lowest BCUT2D eigenvalue weighted by Crippen LogP contribution is -2.21. The van der Waals surface area contributed by atoms with Gasteiger partial charge in [-0.25, -0.2) is 5.48 Å². The Labute approximate surface area is 169 Å². The summed E-state index contributed by atoms with van der Waals surface area (Å²) in [5, 5.41) is 12.9. The highest BCUT2D eigenvalue weighted by molar-refractivity contribution is 5.93. The molecule has 2 amide bonds. The summed E-state index contributed by atoms with van der Waals surface area (Å²) in [6.45, 7) is 0. The first-order chi connectivity index (χ1) is 14.1. The van der Waals surface area contributed by atoms with Crippen molar-refractivity contribution in [2.75, 3.05) is 0 Å². The molecule has 3 rings (SSSR count). The lowest BCUT2D eigenvalue weighted by Gasteiger charge is -2.22. The number of hydroxylamine groups is 1. The van der Waals surface area contributed by atoms with E-state index in [1.807, 2.05) is 0 Å². The number of nitrogens with zero attached hydrogens (tertiary/aromatic N) is 3. The second kappa shape index (κ2) is 10.1. The van der Waals surface area contributed by atoms with Gasteiger partial charge < -0.3 is 10.3 Å². The topological polar surface area (TPSA) is 144 Å². The molecule has 1 aliphatic rings. The van der Waals surface area contributed by atoms with Crippen molar-refractivity contribution in [2.24, 2.45) is 11.7 Å². The molecule has 0 aromatic carbocycles. The van der Waals surface area contributed by atoms with Crippen LogP contribution in [0.2, 0.25) is 0 Å². The van der Waals surface area contributed by atoms with Gasteiger partial charge in [0.15, 0.2) is 0 Å². The molecular formula is C20H27N5O4. The highest BCUT2D eigenvalue weighted by atomic mass is 16.5. The van der Waals surface area contributed by atoms with E-state index in [1.165, 1.54) is 44.5 Å². The second-order valence-corrected chi connectivity index (χ2v) is 7.65. The Balaban J connectivity index is 1.69. The number of hydrogen-bond donors (Lipinski definition) is 3. The van der Waals surface area contributed by atoms with E-state index >= 15 is 0 Å². The minimum Gasteiger partial charge on any atom is -0.366 e. The van der Waals surface area contributed by atoms with E-state index in [0.717, 1.165) is 18.8 Å². The summed E-state index contributed by atoms with van der Waals surface area (Å²) in [6.07, 6.45) is 12.2. The summed E-state index contributed by atoms with van der Waals surface area (Å²) in [5.41, 5.74) is 7.71. The Bertz CT molecular complexity index is 832. The van der Waals surface area contributed by atoms with Crippen molar-refractivity contribution in [3.8, 4) is 11.4 Å². The van der Waals surface area contributed by atoms with E-state index in [2.05, 4.69) is 15.1 Å². The predicted molar refractivity (Wildman–Crippen MR) is 104 cm³/mol. The van der Waals surface area contributed by atoms with Gasteiger partial charge in [-0.05, 0) is 18.4 Å². The van der Waals surface area contributed by atoms with Gasteiger partial charge in [0.05, 0.1) is 5.56 Å². The third-order valence-corrected chi connectivity index (χ3v) is 5.52. The number of primary amides is 1. The molecule has 2 aromatic heterocycles. The van der Waals surface area contributed by atoms with Crippen molar-refractivity contribution >= 4 is 11.8 Å². The van der Waals surface area contributed by atoms with Crippen LogP contribution in [0, 0.1) is 5.92 Å². The summed E-state index contributed by atoms with van der Waals surface area (Å²) in [5.74, 6) is -0.0294. The Morgan fingerprint density at radius 2 is 2.07 bits per heavy atom. The highest BCUT2D eigenvalue weighted by Crippen LogP contribution is 2.31. The molecule has 9 nitrogen and oxygen atoms in total. The maximum absolute atomic E-state index is 11.7. The summed E-state index contributed by atoms with van der Waals surface area (Å²) < 4.78 is 5.40. The first-order valence-corrected chi connectivity index (χ1v) is 10.1. The molecule has 0 bridgehead atoms. The predicted octanol–water partition coefficient (Wildman–Crippen LogP) is 2.96. The number of pyridine rings is 1. The number of nitrogens with one attached hydrogen (secondary N) is 1. The Morgan fingerprint density at radius 1 is 1.28 bits per heavy atom. The van der Waals surface area contributed by atoms with Crippen molar-refractivity contribution in [3.05, 3.63) is 29.9 Å². The molecule has 0 unspecified atom stereocenters. The molecule has 1 aliphatic carbocycles. The van der Waals surface area contributed by atoms with E-state index in [1.54, 1.807) is 11.5 Å². The first kappa shape index (κ1) is 20.9. The molecule has 1 atom stereocenters. The van der Waals surface area contributed by atoms with Gasteiger partial charge in [-0.3, -0.25) is 19.8 Å². The molecule has 4 N–H and O–H groups in total. The second-order valence-electron chi connectivity index (χ2n) is 7.65. The summed E-state index contributed by atoms with van der Waals surface area (Å²) in [7, 11) is 0. The SMILES string of the molecule is NC(=O)c1cncc(-c2noc([C@H](CCCC3CCCCC3)CC(=O)NO)n2)c1. The molecule has 29 heavy (non-hydrogen) atoms. The largest absolute Gasteiger partial charge is 0.366 e. The van der Waals surface area contributed by atoms with Crippen LogP contribution in [0.15, 0.2) is 23.0 Å². The number of hydrogen-bond acceptors (Lipinski definition) is 7. The van der Waals surface area contributed by atoms with Crippen molar-refractivity contribution in [2.45, 2.75) is 63.7 Å². The smallest absolute Gasteiger partial charge is 0.250 e. The van der Waals surface area contributed by atoms with Crippen LogP contribution >= 0.6 is 0 Å². The Morgan fingerprint density at radius 3 is 2.79 bits per heavy atom. The zero-order valence-corrected chi connectivity index (χ0v) is 16.3. The molecule has 0 spiro atoms. The Hall–Kier alpha value is -2.81. The van der Waals surface area contributed by atoms with Crippen molar-refractivity contribution in [1.82, 2.24) is 20.6 Å². The van der Waals surface area contributed by atoms with Crippen LogP contribution in [0.25, 0.3) is 11.4 Å². The first-order valence-electron chi connectivity index (χ1n) is 10.1. The molecule has 1 fully saturated rings. The van der Waals surface area contributed by atoms with Crippen LogP contribution in [0.3, 0.4) is 0 Å². The van der Waals surface area contributed by atoms with Gasteiger partial charge in [0, 0.05) is 30.3 Å². The van der Waals surface area contributed by atoms with Crippen LogP contribution in [0.5, 0.6) is 0 Å². The zero-order chi connectivity index (χ0) is 20.6. The Kier molecular flexibility index (Phi) is 7.29. The van der Waals surface area contributed by atoms with Gasteiger partial charge in [0.25, 0.3) is 0 Å². The summed E-state index contributed by atoms with van der Waals surface area (Å²) >= 11 is 0. The van der Waals surface area contributed by atoms with Gasteiger partial charge in [-0.2, -0.15) is 4.98 Å². The molecule has 2 aromatic rings. The lowest BCUT2D eigenvalue weighted by molar-refractivity contribution is -0.129. The van der Waals surface area contributed by atoms with E-state index in [9.17, 15) is 9.59 Å². The minimum absolute atomic E-state index is 0.0579. The van der Waals surface area contributed by atoms with E-state index in [0.29, 0.717) is 17.9 Å². The van der Waals surface area contributed by atoms with Gasteiger partial charge in [-0.1, -0.05) is 50.1 Å². The minimum atomic E-state index is -0.594. The van der Waals surface area contributed by atoms with Gasteiger partial charge in [0.1, 0.15) is 0 Å².